The highest BCUT2D eigenvalue weighted by Gasteiger charge is 2.06. The van der Waals surface area contributed by atoms with Crippen molar-refractivity contribution in [3.05, 3.63) is 0 Å². The minimum Gasteiger partial charge on any atom is -0.466 e. The Balaban J connectivity index is 3.64. The molecule has 0 saturated heterocycles. The average Bonchev–Trinajstić information content (AvgIpc) is 2.80. The summed E-state index contributed by atoms with van der Waals surface area (Å²) in [5.41, 5.74) is 0. The Kier molecular flexibility index (Phi) is 25.5. The summed E-state index contributed by atoms with van der Waals surface area (Å²) in [5.74, 6) is 0.00906. The molecule has 0 N–H and O–H groups in total. The summed E-state index contributed by atoms with van der Waals surface area (Å²) in [5, 5.41) is 0. The first-order chi connectivity index (χ1) is 16.1. The van der Waals surface area contributed by atoms with E-state index in [9.17, 15) is 4.79 Å². The molecule has 0 aromatic heterocycles. The molecule has 4 nitrogen and oxygen atoms in total. The predicted molar refractivity (Wildman–Crippen MR) is 145 cm³/mol. The van der Waals surface area contributed by atoms with Crippen LogP contribution < -0.4 is 0 Å². The largest absolute Gasteiger partial charge is 0.466 e. The zero-order chi connectivity index (χ0) is 24.4. The third-order valence-electron chi connectivity index (χ3n) is 6.56. The molecule has 0 bridgehead atoms. The van der Waals surface area contributed by atoms with Crippen LogP contribution in [0.5, 0.6) is 0 Å². The van der Waals surface area contributed by atoms with Gasteiger partial charge in [-0.25, -0.2) is 0 Å². The van der Waals surface area contributed by atoms with Gasteiger partial charge in [0.05, 0.1) is 6.61 Å². The highest BCUT2D eigenvalue weighted by molar-refractivity contribution is 5.69. The Bertz CT molecular complexity index is 401. The summed E-state index contributed by atoms with van der Waals surface area (Å²) >= 11 is 0. The van der Waals surface area contributed by atoms with Crippen LogP contribution >= 0.6 is 0 Å². The van der Waals surface area contributed by atoms with Crippen LogP contribution in [-0.2, 0) is 9.53 Å². The lowest BCUT2D eigenvalue weighted by Crippen LogP contribution is -2.33. The molecule has 0 aliphatic rings. The van der Waals surface area contributed by atoms with Gasteiger partial charge in [-0.15, -0.1) is 0 Å². The number of nitrogens with zero attached hydrogens (tertiary/aromatic N) is 2. The quantitative estimate of drug-likeness (QED) is 0.0955. The maximum Gasteiger partial charge on any atom is 0.305 e. The Morgan fingerprint density at radius 1 is 0.545 bits per heavy atom. The monoisotopic (exact) mass is 468 g/mol. The van der Waals surface area contributed by atoms with Crippen LogP contribution in [0.1, 0.15) is 136 Å². The van der Waals surface area contributed by atoms with E-state index in [1.54, 1.807) is 0 Å². The van der Waals surface area contributed by atoms with Gasteiger partial charge in [-0.3, -0.25) is 4.79 Å². The second-order valence-corrected chi connectivity index (χ2v) is 10.3. The Labute approximate surface area is 208 Å². The molecule has 0 aliphatic carbocycles. The van der Waals surface area contributed by atoms with Crippen LogP contribution in [0.3, 0.4) is 0 Å². The third-order valence-corrected chi connectivity index (χ3v) is 6.56. The van der Waals surface area contributed by atoms with Crippen LogP contribution in [0.2, 0.25) is 0 Å². The fourth-order valence-corrected chi connectivity index (χ4v) is 4.24. The molecule has 0 saturated carbocycles. The van der Waals surface area contributed by atoms with Gasteiger partial charge in [-0.1, -0.05) is 104 Å². The van der Waals surface area contributed by atoms with E-state index in [-0.39, 0.29) is 5.97 Å². The number of ether oxygens (including phenoxy) is 1. The highest BCUT2D eigenvalue weighted by Crippen LogP contribution is 2.10. The fourth-order valence-electron chi connectivity index (χ4n) is 4.24. The summed E-state index contributed by atoms with van der Waals surface area (Å²) in [4.78, 5) is 16.8. The van der Waals surface area contributed by atoms with Gasteiger partial charge in [0.2, 0.25) is 0 Å². The molecule has 0 aromatic rings. The van der Waals surface area contributed by atoms with Crippen molar-refractivity contribution in [2.45, 2.75) is 136 Å². The zero-order valence-corrected chi connectivity index (χ0v) is 23.2. The Morgan fingerprint density at radius 3 is 1.52 bits per heavy atom. The van der Waals surface area contributed by atoms with Crippen molar-refractivity contribution < 1.29 is 9.53 Å². The van der Waals surface area contributed by atoms with Crippen molar-refractivity contribution >= 4 is 5.97 Å². The van der Waals surface area contributed by atoms with Gasteiger partial charge in [0.15, 0.2) is 0 Å². The van der Waals surface area contributed by atoms with Crippen molar-refractivity contribution in [3.63, 3.8) is 0 Å². The lowest BCUT2D eigenvalue weighted by molar-refractivity contribution is -0.143. The molecule has 4 heteroatoms. The molecule has 0 amide bonds. The van der Waals surface area contributed by atoms with E-state index in [4.69, 9.17) is 4.74 Å². The molecule has 33 heavy (non-hydrogen) atoms. The van der Waals surface area contributed by atoms with Gasteiger partial charge in [-0.2, -0.15) is 0 Å². The van der Waals surface area contributed by atoms with E-state index in [0.717, 1.165) is 25.8 Å². The van der Waals surface area contributed by atoms with Crippen LogP contribution in [0.4, 0.5) is 0 Å². The molecular weight excluding hydrogens is 408 g/mol. The molecule has 0 unspecified atom stereocenters. The van der Waals surface area contributed by atoms with Gasteiger partial charge in [-0.05, 0) is 52.9 Å². The molecule has 0 aliphatic heterocycles. The summed E-state index contributed by atoms with van der Waals surface area (Å²) < 4.78 is 5.39. The Hall–Kier alpha value is -0.610. The first kappa shape index (κ1) is 32.4. The molecule has 0 heterocycles. The SMILES string of the molecule is CCCCCCCCCOC(=O)CCCCCCCN(CCCCCCCC)CCN(C)C. The highest BCUT2D eigenvalue weighted by atomic mass is 16.5. The van der Waals surface area contributed by atoms with Crippen molar-refractivity contribution in [2.75, 3.05) is 46.9 Å². The molecule has 0 fully saturated rings. The number of carbonyl (C=O) groups excluding carboxylic acids is 1. The maximum absolute atomic E-state index is 11.9. The third kappa shape index (κ3) is 25.8. The molecule has 198 valence electrons. The number of unbranched alkanes of at least 4 members (excludes halogenated alkanes) is 15. The Morgan fingerprint density at radius 2 is 1.00 bits per heavy atom. The summed E-state index contributed by atoms with van der Waals surface area (Å²) in [6.45, 7) is 9.97. The van der Waals surface area contributed by atoms with Crippen molar-refractivity contribution in [2.24, 2.45) is 0 Å². The van der Waals surface area contributed by atoms with Gasteiger partial charge in [0.1, 0.15) is 0 Å². The van der Waals surface area contributed by atoms with Gasteiger partial charge in [0, 0.05) is 19.5 Å². The second kappa shape index (κ2) is 26.0. The average molecular weight is 469 g/mol. The van der Waals surface area contributed by atoms with E-state index < -0.39 is 0 Å². The van der Waals surface area contributed by atoms with E-state index >= 15 is 0 Å². The maximum atomic E-state index is 11.9. The molecular formula is C29H60N2O2. The van der Waals surface area contributed by atoms with Crippen molar-refractivity contribution in [3.8, 4) is 0 Å². The molecule has 0 rings (SSSR count). The molecule has 0 aromatic carbocycles. The number of likely N-dealkylation sites (N-methyl/N-ethyl adjacent to an activating group) is 1. The standard InChI is InChI=1S/C29H60N2O2/c1-5-7-9-11-13-18-22-28-33-29(32)23-19-15-14-17-21-25-31(27-26-30(3)4)24-20-16-12-10-8-6-2/h5-28H2,1-4H3. The number of esters is 1. The van der Waals surface area contributed by atoms with Crippen molar-refractivity contribution in [1.29, 1.82) is 0 Å². The van der Waals surface area contributed by atoms with Crippen LogP contribution in [0, 0.1) is 0 Å². The van der Waals surface area contributed by atoms with E-state index in [1.165, 1.54) is 116 Å². The number of carbonyl (C=O) groups is 1. The zero-order valence-electron chi connectivity index (χ0n) is 23.2. The molecule has 0 atom stereocenters. The topological polar surface area (TPSA) is 32.8 Å². The number of hydrogen-bond donors (Lipinski definition) is 0. The lowest BCUT2D eigenvalue weighted by Gasteiger charge is -2.24. The number of hydrogen-bond acceptors (Lipinski definition) is 4. The minimum absolute atomic E-state index is 0.00906. The first-order valence-corrected chi connectivity index (χ1v) is 14.6. The normalized spacial score (nSPS) is 11.6. The summed E-state index contributed by atoms with van der Waals surface area (Å²) in [7, 11) is 4.34. The predicted octanol–water partition coefficient (Wildman–Crippen LogP) is 7.84. The van der Waals surface area contributed by atoms with Gasteiger partial charge in [0.25, 0.3) is 0 Å². The van der Waals surface area contributed by atoms with Crippen LogP contribution in [0.15, 0.2) is 0 Å². The van der Waals surface area contributed by atoms with Gasteiger partial charge < -0.3 is 14.5 Å². The van der Waals surface area contributed by atoms with Crippen LogP contribution in [-0.4, -0.2) is 62.7 Å². The smallest absolute Gasteiger partial charge is 0.305 e. The molecule has 0 spiro atoms. The first-order valence-electron chi connectivity index (χ1n) is 14.6. The number of rotatable bonds is 26. The van der Waals surface area contributed by atoms with Gasteiger partial charge >= 0.3 is 5.97 Å². The fraction of sp³-hybridized carbons (Fsp3) is 0.966. The van der Waals surface area contributed by atoms with E-state index in [0.29, 0.717) is 13.0 Å². The van der Waals surface area contributed by atoms with E-state index in [2.05, 4.69) is 37.7 Å². The van der Waals surface area contributed by atoms with Crippen LogP contribution in [0.25, 0.3) is 0 Å². The summed E-state index contributed by atoms with van der Waals surface area (Å²) in [6.07, 6.45) is 23.6. The lowest BCUT2D eigenvalue weighted by atomic mass is 10.1. The van der Waals surface area contributed by atoms with Crippen molar-refractivity contribution in [1.82, 2.24) is 9.80 Å². The molecule has 0 radical (unpaired) electrons. The summed E-state index contributed by atoms with van der Waals surface area (Å²) in [6, 6.07) is 0. The minimum atomic E-state index is 0.00906. The van der Waals surface area contributed by atoms with E-state index in [1.807, 2.05) is 0 Å². The second-order valence-electron chi connectivity index (χ2n) is 10.3.